The number of nitrogens with zero attached hydrogens (tertiary/aromatic N) is 2. The van der Waals surface area contributed by atoms with E-state index in [9.17, 15) is 0 Å². The van der Waals surface area contributed by atoms with Gasteiger partial charge < -0.3 is 9.88 Å². The highest BCUT2D eigenvalue weighted by molar-refractivity contribution is 9.11. The van der Waals surface area contributed by atoms with Crippen molar-refractivity contribution in [3.63, 3.8) is 0 Å². The quantitative estimate of drug-likeness (QED) is 0.919. The Hall–Kier alpha value is -0.650. The van der Waals surface area contributed by atoms with Crippen molar-refractivity contribution in [1.29, 1.82) is 0 Å². The van der Waals surface area contributed by atoms with E-state index >= 15 is 0 Å². The fourth-order valence-electron chi connectivity index (χ4n) is 1.72. The molecule has 2 aromatic rings. The van der Waals surface area contributed by atoms with Gasteiger partial charge in [-0.25, -0.2) is 4.98 Å². The summed E-state index contributed by atoms with van der Waals surface area (Å²) < 4.78 is 3.44. The SMILES string of the molecule is CCNCc1cnc(C)n1Cc1ccc(Br)s1. The first kappa shape index (κ1) is 12.8. The maximum atomic E-state index is 4.39. The molecule has 0 fully saturated rings. The Balaban J connectivity index is 2.16. The van der Waals surface area contributed by atoms with Crippen LogP contribution in [0, 0.1) is 6.92 Å². The van der Waals surface area contributed by atoms with Gasteiger partial charge in [0.05, 0.1) is 16.0 Å². The van der Waals surface area contributed by atoms with Crippen molar-refractivity contribution in [2.24, 2.45) is 0 Å². The van der Waals surface area contributed by atoms with Gasteiger partial charge in [-0.3, -0.25) is 0 Å². The highest BCUT2D eigenvalue weighted by Crippen LogP contribution is 2.23. The van der Waals surface area contributed by atoms with Crippen LogP contribution in [0.25, 0.3) is 0 Å². The minimum atomic E-state index is 0.879. The number of halogens is 1. The van der Waals surface area contributed by atoms with Gasteiger partial charge in [0.1, 0.15) is 5.82 Å². The minimum absolute atomic E-state index is 0.879. The van der Waals surface area contributed by atoms with Gasteiger partial charge in [0.25, 0.3) is 0 Å². The molecule has 0 bridgehead atoms. The van der Waals surface area contributed by atoms with Crippen molar-refractivity contribution >= 4 is 27.3 Å². The summed E-state index contributed by atoms with van der Waals surface area (Å²) in [5, 5.41) is 3.34. The zero-order valence-electron chi connectivity index (χ0n) is 10.0. The molecule has 1 N–H and O–H groups in total. The van der Waals surface area contributed by atoms with Gasteiger partial charge in [0.2, 0.25) is 0 Å². The van der Waals surface area contributed by atoms with Crippen molar-refractivity contribution in [2.75, 3.05) is 6.54 Å². The predicted molar refractivity (Wildman–Crippen MR) is 75.5 cm³/mol. The molecule has 17 heavy (non-hydrogen) atoms. The van der Waals surface area contributed by atoms with Crippen LogP contribution in [0.3, 0.4) is 0 Å². The third kappa shape index (κ3) is 3.18. The van der Waals surface area contributed by atoms with Crippen molar-refractivity contribution in [3.8, 4) is 0 Å². The maximum Gasteiger partial charge on any atom is 0.106 e. The van der Waals surface area contributed by atoms with Gasteiger partial charge in [-0.15, -0.1) is 11.3 Å². The van der Waals surface area contributed by atoms with Gasteiger partial charge in [0.15, 0.2) is 0 Å². The largest absolute Gasteiger partial charge is 0.326 e. The molecule has 0 aliphatic heterocycles. The lowest BCUT2D eigenvalue weighted by molar-refractivity contribution is 0.650. The fraction of sp³-hybridized carbons (Fsp3) is 0.417. The summed E-state index contributed by atoms with van der Waals surface area (Å²) >= 11 is 5.27. The first-order valence-electron chi connectivity index (χ1n) is 5.66. The van der Waals surface area contributed by atoms with Crippen LogP contribution in [0.15, 0.2) is 22.1 Å². The van der Waals surface area contributed by atoms with Crippen LogP contribution in [-0.4, -0.2) is 16.1 Å². The van der Waals surface area contributed by atoms with Crippen LogP contribution in [0.1, 0.15) is 23.3 Å². The van der Waals surface area contributed by atoms with Crippen molar-refractivity contribution in [1.82, 2.24) is 14.9 Å². The standard InChI is InChI=1S/C12H16BrN3S/c1-3-14-6-10-7-15-9(2)16(10)8-11-4-5-12(13)17-11/h4-5,7,14H,3,6,8H2,1-2H3. The molecule has 2 heterocycles. The summed E-state index contributed by atoms with van der Waals surface area (Å²) in [6.07, 6.45) is 1.96. The molecule has 0 aromatic carbocycles. The van der Waals surface area contributed by atoms with Crippen LogP contribution in [0.5, 0.6) is 0 Å². The van der Waals surface area contributed by atoms with E-state index < -0.39 is 0 Å². The van der Waals surface area contributed by atoms with Gasteiger partial charge in [-0.05, 0) is 41.5 Å². The fourth-order valence-corrected chi connectivity index (χ4v) is 3.19. The molecule has 0 aliphatic carbocycles. The predicted octanol–water partition coefficient (Wildman–Crippen LogP) is 3.17. The highest BCUT2D eigenvalue weighted by Gasteiger charge is 2.07. The van der Waals surface area contributed by atoms with Crippen LogP contribution in [-0.2, 0) is 13.1 Å². The molecule has 0 saturated carbocycles. The summed E-state index contributed by atoms with van der Waals surface area (Å²) in [5.74, 6) is 1.07. The van der Waals surface area contributed by atoms with Gasteiger partial charge in [-0.1, -0.05) is 6.92 Å². The zero-order valence-corrected chi connectivity index (χ0v) is 12.4. The van der Waals surface area contributed by atoms with Crippen molar-refractivity contribution < 1.29 is 0 Å². The smallest absolute Gasteiger partial charge is 0.106 e. The monoisotopic (exact) mass is 313 g/mol. The number of imidazole rings is 1. The molecule has 0 radical (unpaired) electrons. The summed E-state index contributed by atoms with van der Waals surface area (Å²) in [4.78, 5) is 5.73. The second-order valence-corrected chi connectivity index (χ2v) is 6.42. The molecule has 0 spiro atoms. The average molecular weight is 314 g/mol. The van der Waals surface area contributed by atoms with E-state index in [1.54, 1.807) is 11.3 Å². The van der Waals surface area contributed by atoms with E-state index in [1.807, 2.05) is 6.20 Å². The Morgan fingerprint density at radius 1 is 1.47 bits per heavy atom. The minimum Gasteiger partial charge on any atom is -0.326 e. The third-order valence-corrected chi connectivity index (χ3v) is 4.25. The summed E-state index contributed by atoms with van der Waals surface area (Å²) in [6.45, 7) is 6.93. The molecule has 92 valence electrons. The van der Waals surface area contributed by atoms with E-state index in [-0.39, 0.29) is 0 Å². The van der Waals surface area contributed by atoms with E-state index in [4.69, 9.17) is 0 Å². The lowest BCUT2D eigenvalue weighted by Gasteiger charge is -2.09. The first-order chi connectivity index (χ1) is 8.20. The number of rotatable bonds is 5. The Morgan fingerprint density at radius 3 is 2.94 bits per heavy atom. The molecule has 0 atom stereocenters. The number of hydrogen-bond donors (Lipinski definition) is 1. The van der Waals surface area contributed by atoms with E-state index in [0.29, 0.717) is 0 Å². The maximum absolute atomic E-state index is 4.39. The topological polar surface area (TPSA) is 29.9 Å². The Labute approximate surface area is 114 Å². The highest BCUT2D eigenvalue weighted by atomic mass is 79.9. The van der Waals surface area contributed by atoms with Crippen LogP contribution < -0.4 is 5.32 Å². The van der Waals surface area contributed by atoms with E-state index in [1.165, 1.54) is 14.4 Å². The molecule has 0 unspecified atom stereocenters. The van der Waals surface area contributed by atoms with Crippen LogP contribution in [0.4, 0.5) is 0 Å². The number of hydrogen-bond acceptors (Lipinski definition) is 3. The number of aryl methyl sites for hydroxylation is 1. The molecule has 2 rings (SSSR count). The number of thiophene rings is 1. The number of aromatic nitrogens is 2. The van der Waals surface area contributed by atoms with Gasteiger partial charge in [0, 0.05) is 17.6 Å². The lowest BCUT2D eigenvalue weighted by Crippen LogP contribution is -2.16. The molecule has 2 aromatic heterocycles. The first-order valence-corrected chi connectivity index (χ1v) is 7.27. The molecule has 0 aliphatic rings. The summed E-state index contributed by atoms with van der Waals surface area (Å²) in [7, 11) is 0. The normalized spacial score (nSPS) is 11.0. The Bertz CT molecular complexity index is 490. The molecular weight excluding hydrogens is 298 g/mol. The van der Waals surface area contributed by atoms with Crippen LogP contribution in [0.2, 0.25) is 0 Å². The average Bonchev–Trinajstić information content (AvgIpc) is 2.86. The van der Waals surface area contributed by atoms with Crippen molar-refractivity contribution in [3.05, 3.63) is 38.5 Å². The molecule has 5 heteroatoms. The molecule has 3 nitrogen and oxygen atoms in total. The van der Waals surface area contributed by atoms with E-state index in [2.05, 4.69) is 56.8 Å². The van der Waals surface area contributed by atoms with Crippen molar-refractivity contribution in [2.45, 2.75) is 26.9 Å². The Kier molecular flexibility index (Phi) is 4.36. The van der Waals surface area contributed by atoms with Gasteiger partial charge >= 0.3 is 0 Å². The third-order valence-electron chi connectivity index (χ3n) is 2.64. The van der Waals surface area contributed by atoms with Crippen LogP contribution >= 0.6 is 27.3 Å². The molecule has 0 saturated heterocycles. The van der Waals surface area contributed by atoms with Gasteiger partial charge in [-0.2, -0.15) is 0 Å². The molecular formula is C12H16BrN3S. The second-order valence-electron chi connectivity index (χ2n) is 3.87. The van der Waals surface area contributed by atoms with E-state index in [0.717, 1.165) is 25.5 Å². The number of nitrogens with one attached hydrogen (secondary N) is 1. The lowest BCUT2D eigenvalue weighted by atomic mass is 10.4. The summed E-state index contributed by atoms with van der Waals surface area (Å²) in [6, 6.07) is 4.25. The second kappa shape index (κ2) is 5.80. The molecule has 0 amide bonds. The Morgan fingerprint density at radius 2 is 2.29 bits per heavy atom. The summed E-state index contributed by atoms with van der Waals surface area (Å²) in [5.41, 5.74) is 1.24. The zero-order chi connectivity index (χ0) is 12.3.